The van der Waals surface area contributed by atoms with Crippen LogP contribution in [-0.2, 0) is 6.42 Å². The second-order valence-corrected chi connectivity index (χ2v) is 5.39. The SMILES string of the molecule is O=C(NCCc1nc2ccccc2[nH]1)c1ccc(Br)nc1. The lowest BCUT2D eigenvalue weighted by Crippen LogP contribution is -2.26. The van der Waals surface area contributed by atoms with Gasteiger partial charge in [0.1, 0.15) is 10.4 Å². The fourth-order valence-corrected chi connectivity index (χ4v) is 2.27. The van der Waals surface area contributed by atoms with Gasteiger partial charge in [-0.1, -0.05) is 12.1 Å². The van der Waals surface area contributed by atoms with Crippen LogP contribution in [0.15, 0.2) is 47.2 Å². The summed E-state index contributed by atoms with van der Waals surface area (Å²) < 4.78 is 0.710. The molecule has 0 aliphatic heterocycles. The van der Waals surface area contributed by atoms with Gasteiger partial charge in [0.05, 0.1) is 16.6 Å². The molecular weight excluding hydrogens is 332 g/mol. The van der Waals surface area contributed by atoms with E-state index in [0.717, 1.165) is 16.9 Å². The molecule has 21 heavy (non-hydrogen) atoms. The minimum absolute atomic E-state index is 0.133. The van der Waals surface area contributed by atoms with Gasteiger partial charge in [-0.05, 0) is 40.2 Å². The van der Waals surface area contributed by atoms with Gasteiger partial charge in [0, 0.05) is 19.2 Å². The van der Waals surface area contributed by atoms with E-state index in [2.05, 4.69) is 36.2 Å². The molecule has 0 atom stereocenters. The molecule has 0 aliphatic carbocycles. The van der Waals surface area contributed by atoms with Gasteiger partial charge in [-0.3, -0.25) is 4.79 Å². The third-order valence-corrected chi connectivity index (χ3v) is 3.54. The maximum atomic E-state index is 11.9. The highest BCUT2D eigenvalue weighted by Gasteiger charge is 2.06. The zero-order chi connectivity index (χ0) is 14.7. The van der Waals surface area contributed by atoms with E-state index in [1.807, 2.05) is 24.3 Å². The number of nitrogens with zero attached hydrogens (tertiary/aromatic N) is 2. The number of benzene rings is 1. The molecule has 2 heterocycles. The number of amides is 1. The van der Waals surface area contributed by atoms with E-state index in [4.69, 9.17) is 0 Å². The van der Waals surface area contributed by atoms with Crippen LogP contribution < -0.4 is 5.32 Å². The minimum atomic E-state index is -0.133. The first-order chi connectivity index (χ1) is 10.2. The highest BCUT2D eigenvalue weighted by molar-refractivity contribution is 9.10. The Bertz CT molecular complexity index is 734. The van der Waals surface area contributed by atoms with Crippen molar-refractivity contribution in [2.24, 2.45) is 0 Å². The normalized spacial score (nSPS) is 10.7. The average Bonchev–Trinajstić information content (AvgIpc) is 2.90. The molecule has 0 fully saturated rings. The van der Waals surface area contributed by atoms with Crippen molar-refractivity contribution in [2.75, 3.05) is 6.54 Å². The molecule has 5 nitrogen and oxygen atoms in total. The van der Waals surface area contributed by atoms with Crippen molar-refractivity contribution in [3.05, 3.63) is 58.6 Å². The Hall–Kier alpha value is -2.21. The first-order valence-electron chi connectivity index (χ1n) is 6.56. The van der Waals surface area contributed by atoms with E-state index in [1.54, 1.807) is 18.3 Å². The van der Waals surface area contributed by atoms with Gasteiger partial charge in [0.15, 0.2) is 0 Å². The standard InChI is InChI=1S/C15H13BrN4O/c16-13-6-5-10(9-18-13)15(21)17-8-7-14-19-11-3-1-2-4-12(11)20-14/h1-6,9H,7-8H2,(H,17,21)(H,19,20). The number of rotatable bonds is 4. The molecule has 2 N–H and O–H groups in total. The number of aromatic amines is 1. The maximum absolute atomic E-state index is 11.9. The van der Waals surface area contributed by atoms with Crippen LogP contribution >= 0.6 is 15.9 Å². The molecule has 6 heteroatoms. The number of nitrogens with one attached hydrogen (secondary N) is 2. The predicted molar refractivity (Wildman–Crippen MR) is 84.1 cm³/mol. The van der Waals surface area contributed by atoms with Crippen molar-refractivity contribution in [1.29, 1.82) is 0 Å². The van der Waals surface area contributed by atoms with Crippen LogP contribution in [0.3, 0.4) is 0 Å². The zero-order valence-electron chi connectivity index (χ0n) is 11.1. The molecule has 0 unspecified atom stereocenters. The van der Waals surface area contributed by atoms with Crippen LogP contribution in [0.1, 0.15) is 16.2 Å². The molecule has 0 spiro atoms. The number of hydrogen-bond donors (Lipinski definition) is 2. The maximum Gasteiger partial charge on any atom is 0.252 e. The first-order valence-corrected chi connectivity index (χ1v) is 7.35. The monoisotopic (exact) mass is 344 g/mol. The fourth-order valence-electron chi connectivity index (χ4n) is 2.03. The summed E-state index contributed by atoms with van der Waals surface area (Å²) in [5.74, 6) is 0.733. The van der Waals surface area contributed by atoms with E-state index in [-0.39, 0.29) is 5.91 Å². The summed E-state index contributed by atoms with van der Waals surface area (Å²) in [7, 11) is 0. The van der Waals surface area contributed by atoms with E-state index in [9.17, 15) is 4.79 Å². The molecule has 1 aromatic carbocycles. The predicted octanol–water partition coefficient (Wildman–Crippen LogP) is 2.69. The number of aromatic nitrogens is 3. The van der Waals surface area contributed by atoms with E-state index >= 15 is 0 Å². The van der Waals surface area contributed by atoms with Gasteiger partial charge in [-0.15, -0.1) is 0 Å². The largest absolute Gasteiger partial charge is 0.352 e. The summed E-state index contributed by atoms with van der Waals surface area (Å²) in [6.07, 6.45) is 2.20. The third-order valence-electron chi connectivity index (χ3n) is 3.08. The van der Waals surface area contributed by atoms with Gasteiger partial charge in [0.2, 0.25) is 0 Å². The molecular formula is C15H13BrN4O. The molecule has 0 radical (unpaired) electrons. The Morgan fingerprint density at radius 2 is 2.10 bits per heavy atom. The van der Waals surface area contributed by atoms with Crippen LogP contribution in [0, 0.1) is 0 Å². The van der Waals surface area contributed by atoms with E-state index < -0.39 is 0 Å². The lowest BCUT2D eigenvalue weighted by atomic mass is 10.2. The Kier molecular flexibility index (Phi) is 3.96. The van der Waals surface area contributed by atoms with Crippen molar-refractivity contribution in [2.45, 2.75) is 6.42 Å². The molecule has 3 rings (SSSR count). The number of fused-ring (bicyclic) bond motifs is 1. The van der Waals surface area contributed by atoms with Crippen LogP contribution in [0.2, 0.25) is 0 Å². The molecule has 2 aromatic heterocycles. The molecule has 0 aliphatic rings. The summed E-state index contributed by atoms with van der Waals surface area (Å²) in [4.78, 5) is 23.7. The van der Waals surface area contributed by atoms with Crippen molar-refractivity contribution < 1.29 is 4.79 Å². The molecule has 0 saturated carbocycles. The van der Waals surface area contributed by atoms with Crippen LogP contribution in [0.25, 0.3) is 11.0 Å². The fraction of sp³-hybridized carbons (Fsp3) is 0.133. The lowest BCUT2D eigenvalue weighted by Gasteiger charge is -2.03. The van der Waals surface area contributed by atoms with Gasteiger partial charge >= 0.3 is 0 Å². The second kappa shape index (κ2) is 6.05. The number of imidazole rings is 1. The van der Waals surface area contributed by atoms with Crippen LogP contribution in [0.5, 0.6) is 0 Å². The average molecular weight is 345 g/mol. The summed E-state index contributed by atoms with van der Waals surface area (Å²) >= 11 is 3.24. The lowest BCUT2D eigenvalue weighted by molar-refractivity contribution is 0.0953. The Morgan fingerprint density at radius 3 is 2.86 bits per heavy atom. The smallest absolute Gasteiger partial charge is 0.252 e. The highest BCUT2D eigenvalue weighted by Crippen LogP contribution is 2.10. The summed E-state index contributed by atoms with van der Waals surface area (Å²) in [5, 5.41) is 2.86. The summed E-state index contributed by atoms with van der Waals surface area (Å²) in [6, 6.07) is 11.3. The van der Waals surface area contributed by atoms with Gasteiger partial charge < -0.3 is 10.3 Å². The zero-order valence-corrected chi connectivity index (χ0v) is 12.7. The van der Waals surface area contributed by atoms with Crippen LogP contribution in [-0.4, -0.2) is 27.4 Å². The first kappa shape index (κ1) is 13.8. The molecule has 0 saturated heterocycles. The van der Waals surface area contributed by atoms with Gasteiger partial charge in [-0.25, -0.2) is 9.97 Å². The van der Waals surface area contributed by atoms with Crippen molar-refractivity contribution in [3.63, 3.8) is 0 Å². The Morgan fingerprint density at radius 1 is 1.24 bits per heavy atom. The van der Waals surface area contributed by atoms with E-state index in [1.165, 1.54) is 0 Å². The number of hydrogen-bond acceptors (Lipinski definition) is 3. The number of carbonyl (C=O) groups excluding carboxylic acids is 1. The summed E-state index contributed by atoms with van der Waals surface area (Å²) in [5.41, 5.74) is 2.50. The molecule has 1 amide bonds. The Balaban J connectivity index is 1.58. The molecule has 0 bridgehead atoms. The second-order valence-electron chi connectivity index (χ2n) is 4.58. The minimum Gasteiger partial charge on any atom is -0.352 e. The Labute approximate surface area is 129 Å². The third kappa shape index (κ3) is 3.28. The number of halogens is 1. The quantitative estimate of drug-likeness (QED) is 0.715. The number of para-hydroxylation sites is 2. The number of pyridine rings is 1. The number of carbonyl (C=O) groups is 1. The van der Waals surface area contributed by atoms with E-state index in [0.29, 0.717) is 23.1 Å². The van der Waals surface area contributed by atoms with Crippen molar-refractivity contribution in [1.82, 2.24) is 20.3 Å². The van der Waals surface area contributed by atoms with Crippen molar-refractivity contribution in [3.8, 4) is 0 Å². The summed E-state index contributed by atoms with van der Waals surface area (Å²) in [6.45, 7) is 0.523. The molecule has 106 valence electrons. The van der Waals surface area contributed by atoms with Gasteiger partial charge in [-0.2, -0.15) is 0 Å². The van der Waals surface area contributed by atoms with Crippen LogP contribution in [0.4, 0.5) is 0 Å². The van der Waals surface area contributed by atoms with Crippen molar-refractivity contribution >= 4 is 32.9 Å². The highest BCUT2D eigenvalue weighted by atomic mass is 79.9. The number of H-pyrrole nitrogens is 1. The molecule has 3 aromatic rings. The van der Waals surface area contributed by atoms with Gasteiger partial charge in [0.25, 0.3) is 5.91 Å². The topological polar surface area (TPSA) is 70.7 Å².